The van der Waals surface area contributed by atoms with Crippen LogP contribution in [0, 0.1) is 0 Å². The molecule has 0 aromatic carbocycles. The van der Waals surface area contributed by atoms with Crippen molar-refractivity contribution in [1.29, 1.82) is 0 Å². The van der Waals surface area contributed by atoms with Crippen molar-refractivity contribution < 1.29 is 9.59 Å². The molecule has 0 saturated carbocycles. The van der Waals surface area contributed by atoms with Crippen LogP contribution in [0.2, 0.25) is 0 Å². The first kappa shape index (κ1) is 8.04. The molecule has 1 aliphatic heterocycles. The van der Waals surface area contributed by atoms with Crippen LogP contribution in [-0.2, 0) is 4.79 Å². The Morgan fingerprint density at radius 3 is 2.55 bits per heavy atom. The Hall–Kier alpha value is -1.06. The number of hydrogen-bond donors (Lipinski definition) is 0. The molecule has 1 heterocycles. The van der Waals surface area contributed by atoms with E-state index in [9.17, 15) is 9.59 Å². The molecule has 0 radical (unpaired) electrons. The Labute approximate surface area is 65.8 Å². The molecule has 4 nitrogen and oxygen atoms in total. The van der Waals surface area contributed by atoms with Crippen molar-refractivity contribution in [3.05, 3.63) is 0 Å². The molecule has 1 aliphatic rings. The third kappa shape index (κ3) is 1.69. The van der Waals surface area contributed by atoms with E-state index in [0.29, 0.717) is 13.0 Å². The maximum atomic E-state index is 11.2. The number of amides is 2. The predicted octanol–water partition coefficient (Wildman–Crippen LogP) is -0.0572. The van der Waals surface area contributed by atoms with Gasteiger partial charge in [-0.2, -0.15) is 0 Å². The van der Waals surface area contributed by atoms with Gasteiger partial charge in [0, 0.05) is 27.1 Å². The Bertz CT molecular complexity index is 189. The molecule has 1 rings (SSSR count). The van der Waals surface area contributed by atoms with Gasteiger partial charge in [0.15, 0.2) is 5.78 Å². The van der Waals surface area contributed by atoms with Gasteiger partial charge < -0.3 is 9.80 Å². The summed E-state index contributed by atoms with van der Waals surface area (Å²) >= 11 is 0. The highest BCUT2D eigenvalue weighted by Gasteiger charge is 2.24. The van der Waals surface area contributed by atoms with Crippen LogP contribution in [0.1, 0.15) is 6.42 Å². The minimum absolute atomic E-state index is 0.0733. The molecule has 0 bridgehead atoms. The van der Waals surface area contributed by atoms with Gasteiger partial charge >= 0.3 is 6.03 Å². The summed E-state index contributed by atoms with van der Waals surface area (Å²) in [5.74, 6) is 0.153. The van der Waals surface area contributed by atoms with E-state index in [-0.39, 0.29) is 18.4 Å². The molecule has 0 aromatic heterocycles. The van der Waals surface area contributed by atoms with Gasteiger partial charge in [-0.3, -0.25) is 4.79 Å². The summed E-state index contributed by atoms with van der Waals surface area (Å²) in [6.07, 6.45) is 0.513. The van der Waals surface area contributed by atoms with Crippen LogP contribution in [0.4, 0.5) is 4.79 Å². The molecule has 0 N–H and O–H groups in total. The number of urea groups is 1. The molecule has 0 unspecified atom stereocenters. The molecule has 62 valence electrons. The zero-order valence-electron chi connectivity index (χ0n) is 6.83. The number of Topliss-reactive ketones (excluding diaryl/α,β-unsaturated/α-hetero) is 1. The fourth-order valence-corrected chi connectivity index (χ4v) is 1.08. The van der Waals surface area contributed by atoms with Crippen molar-refractivity contribution in [3.63, 3.8) is 0 Å². The van der Waals surface area contributed by atoms with Gasteiger partial charge in [-0.25, -0.2) is 4.79 Å². The van der Waals surface area contributed by atoms with Crippen molar-refractivity contribution in [2.24, 2.45) is 0 Å². The minimum atomic E-state index is -0.0733. The highest BCUT2D eigenvalue weighted by molar-refractivity contribution is 5.88. The third-order valence-corrected chi connectivity index (χ3v) is 1.68. The quantitative estimate of drug-likeness (QED) is 0.493. The summed E-state index contributed by atoms with van der Waals surface area (Å²) in [4.78, 5) is 25.0. The average molecular weight is 156 g/mol. The number of nitrogens with zero attached hydrogens (tertiary/aromatic N) is 2. The lowest BCUT2D eigenvalue weighted by atomic mass is 10.4. The number of carbonyl (C=O) groups is 2. The second kappa shape index (κ2) is 2.90. The van der Waals surface area contributed by atoms with E-state index in [1.165, 1.54) is 4.90 Å². The van der Waals surface area contributed by atoms with Crippen molar-refractivity contribution in [1.82, 2.24) is 9.80 Å². The molecule has 0 spiro atoms. The van der Waals surface area contributed by atoms with E-state index in [2.05, 4.69) is 0 Å². The fourth-order valence-electron chi connectivity index (χ4n) is 1.08. The lowest BCUT2D eigenvalue weighted by Crippen LogP contribution is -2.37. The van der Waals surface area contributed by atoms with Gasteiger partial charge in [0.05, 0.1) is 6.54 Å². The molecule has 0 aromatic rings. The van der Waals surface area contributed by atoms with E-state index in [4.69, 9.17) is 0 Å². The highest BCUT2D eigenvalue weighted by atomic mass is 16.2. The summed E-state index contributed by atoms with van der Waals surface area (Å²) in [5.41, 5.74) is 0. The van der Waals surface area contributed by atoms with Gasteiger partial charge in [-0.15, -0.1) is 0 Å². The molecule has 0 atom stereocenters. The lowest BCUT2D eigenvalue weighted by Gasteiger charge is -2.19. The Kier molecular flexibility index (Phi) is 2.12. The van der Waals surface area contributed by atoms with Crippen LogP contribution in [-0.4, -0.2) is 48.8 Å². The second-order valence-electron chi connectivity index (χ2n) is 2.89. The van der Waals surface area contributed by atoms with Crippen LogP contribution in [0.25, 0.3) is 0 Å². The van der Waals surface area contributed by atoms with E-state index in [1.54, 1.807) is 19.0 Å². The smallest absolute Gasteiger partial charge is 0.319 e. The van der Waals surface area contributed by atoms with Gasteiger partial charge in [0.1, 0.15) is 0 Å². The Morgan fingerprint density at radius 2 is 2.18 bits per heavy atom. The first-order chi connectivity index (χ1) is 5.11. The monoisotopic (exact) mass is 156 g/mol. The molecular formula is C7H12N2O2. The fraction of sp³-hybridized carbons (Fsp3) is 0.714. The molecule has 1 saturated heterocycles. The van der Waals surface area contributed by atoms with Crippen molar-refractivity contribution in [3.8, 4) is 0 Å². The minimum Gasteiger partial charge on any atom is -0.331 e. The summed E-state index contributed by atoms with van der Waals surface area (Å²) in [6, 6.07) is -0.0733. The van der Waals surface area contributed by atoms with Gasteiger partial charge in [0.2, 0.25) is 0 Å². The molecule has 2 amide bonds. The van der Waals surface area contributed by atoms with Crippen LogP contribution in [0.5, 0.6) is 0 Å². The maximum Gasteiger partial charge on any atom is 0.319 e. The number of ketones is 1. The van der Waals surface area contributed by atoms with Crippen molar-refractivity contribution >= 4 is 11.8 Å². The largest absolute Gasteiger partial charge is 0.331 e. The SMILES string of the molecule is CN(C)C(=O)N1CCC(=O)C1. The normalized spacial score (nSPS) is 17.3. The Morgan fingerprint density at radius 1 is 1.55 bits per heavy atom. The zero-order valence-corrected chi connectivity index (χ0v) is 6.83. The topological polar surface area (TPSA) is 40.6 Å². The summed E-state index contributed by atoms with van der Waals surface area (Å²) in [6.45, 7) is 0.868. The van der Waals surface area contributed by atoms with Crippen molar-refractivity contribution in [2.45, 2.75) is 6.42 Å². The highest BCUT2D eigenvalue weighted by Crippen LogP contribution is 2.05. The van der Waals surface area contributed by atoms with Crippen LogP contribution >= 0.6 is 0 Å². The van der Waals surface area contributed by atoms with E-state index >= 15 is 0 Å². The lowest BCUT2D eigenvalue weighted by molar-refractivity contribution is -0.116. The third-order valence-electron chi connectivity index (χ3n) is 1.68. The van der Waals surface area contributed by atoms with Crippen LogP contribution in [0.3, 0.4) is 0 Å². The van der Waals surface area contributed by atoms with Gasteiger partial charge in [0.25, 0.3) is 0 Å². The summed E-state index contributed by atoms with van der Waals surface area (Å²) in [7, 11) is 3.37. The zero-order chi connectivity index (χ0) is 8.43. The molecule has 4 heteroatoms. The first-order valence-corrected chi connectivity index (χ1v) is 3.59. The molecule has 0 aliphatic carbocycles. The molecule has 1 fully saturated rings. The van der Waals surface area contributed by atoms with Crippen molar-refractivity contribution in [2.75, 3.05) is 27.2 Å². The van der Waals surface area contributed by atoms with E-state index in [1.807, 2.05) is 0 Å². The average Bonchev–Trinajstić information content (AvgIpc) is 2.34. The molecule has 11 heavy (non-hydrogen) atoms. The first-order valence-electron chi connectivity index (χ1n) is 3.59. The number of rotatable bonds is 0. The predicted molar refractivity (Wildman–Crippen MR) is 40.3 cm³/mol. The van der Waals surface area contributed by atoms with Gasteiger partial charge in [-0.1, -0.05) is 0 Å². The van der Waals surface area contributed by atoms with Gasteiger partial charge in [-0.05, 0) is 0 Å². The van der Waals surface area contributed by atoms with E-state index in [0.717, 1.165) is 0 Å². The summed E-state index contributed by atoms with van der Waals surface area (Å²) < 4.78 is 0. The standard InChI is InChI=1S/C7H12N2O2/c1-8(2)7(11)9-4-3-6(10)5-9/h3-5H2,1-2H3. The van der Waals surface area contributed by atoms with Crippen LogP contribution in [0.15, 0.2) is 0 Å². The number of carbonyl (C=O) groups excluding carboxylic acids is 2. The number of likely N-dealkylation sites (tertiary alicyclic amines) is 1. The molecular weight excluding hydrogens is 144 g/mol. The second-order valence-corrected chi connectivity index (χ2v) is 2.89. The van der Waals surface area contributed by atoms with E-state index < -0.39 is 0 Å². The Balaban J connectivity index is 2.50. The maximum absolute atomic E-state index is 11.2. The summed E-state index contributed by atoms with van der Waals surface area (Å²) in [5, 5.41) is 0. The van der Waals surface area contributed by atoms with Crippen LogP contribution < -0.4 is 0 Å². The number of hydrogen-bond acceptors (Lipinski definition) is 2.